The second-order valence-corrected chi connectivity index (χ2v) is 10.6. The molecule has 0 spiro atoms. The van der Waals surface area contributed by atoms with Crippen LogP contribution in [-0.4, -0.2) is 65.1 Å². The molecule has 0 aliphatic carbocycles. The fourth-order valence-electron chi connectivity index (χ4n) is 3.95. The van der Waals surface area contributed by atoms with E-state index in [2.05, 4.69) is 15.4 Å². The van der Waals surface area contributed by atoms with Gasteiger partial charge in [0, 0.05) is 19.7 Å². The molecule has 0 saturated carbocycles. The Morgan fingerprint density at radius 1 is 1.19 bits per heavy atom. The van der Waals surface area contributed by atoms with E-state index < -0.39 is 46.0 Å². The summed E-state index contributed by atoms with van der Waals surface area (Å²) in [6, 6.07) is 7.05. The zero-order valence-electron chi connectivity index (χ0n) is 23.1. The Balaban J connectivity index is 1.83. The van der Waals surface area contributed by atoms with Gasteiger partial charge in [0.25, 0.3) is 11.8 Å². The number of hydrogen-bond acceptors (Lipinski definition) is 8. The van der Waals surface area contributed by atoms with Crippen LogP contribution in [0.15, 0.2) is 30.3 Å². The number of fused-ring (bicyclic) bond motifs is 1. The highest BCUT2D eigenvalue weighted by Crippen LogP contribution is 2.37. The topological polar surface area (TPSA) is 115 Å². The van der Waals surface area contributed by atoms with Crippen molar-refractivity contribution in [2.24, 2.45) is 0 Å². The van der Waals surface area contributed by atoms with Gasteiger partial charge < -0.3 is 19.7 Å². The second kappa shape index (κ2) is 12.0. The van der Waals surface area contributed by atoms with Crippen LogP contribution in [0.1, 0.15) is 55.1 Å². The van der Waals surface area contributed by atoms with Crippen molar-refractivity contribution in [3.63, 3.8) is 0 Å². The third-order valence-electron chi connectivity index (χ3n) is 6.02. The van der Waals surface area contributed by atoms with Crippen molar-refractivity contribution in [2.75, 3.05) is 33.1 Å². The van der Waals surface area contributed by atoms with E-state index in [-0.39, 0.29) is 33.3 Å². The molecular formula is C27H25ClF3N5O5S. The minimum atomic E-state index is -4.89. The molecule has 1 N–H and O–H groups in total. The highest BCUT2D eigenvalue weighted by molar-refractivity contribution is 7.18. The van der Waals surface area contributed by atoms with Crippen LogP contribution in [0.2, 0.25) is 5.02 Å². The Morgan fingerprint density at radius 2 is 1.90 bits per heavy atom. The highest BCUT2D eigenvalue weighted by atomic mass is 35.5. The van der Waals surface area contributed by atoms with Crippen LogP contribution >= 0.6 is 22.9 Å². The van der Waals surface area contributed by atoms with Gasteiger partial charge in [0.15, 0.2) is 17.0 Å². The quantitative estimate of drug-likeness (QED) is 0.241. The Kier molecular flexibility index (Phi) is 8.78. The van der Waals surface area contributed by atoms with Gasteiger partial charge in [0.1, 0.15) is 15.8 Å². The van der Waals surface area contributed by atoms with Crippen molar-refractivity contribution in [3.8, 4) is 17.0 Å². The molecule has 0 fully saturated rings. The van der Waals surface area contributed by atoms with Gasteiger partial charge in [-0.1, -0.05) is 30.7 Å². The summed E-state index contributed by atoms with van der Waals surface area (Å²) in [6.07, 6.45) is -4.36. The number of ether oxygens (including phenoxy) is 2. The Hall–Kier alpha value is -4.17. The van der Waals surface area contributed by atoms with Crippen LogP contribution in [0.5, 0.6) is 5.75 Å². The van der Waals surface area contributed by atoms with E-state index in [1.165, 1.54) is 39.1 Å². The number of carbonyl (C=O) groups excluding carboxylic acids is 3. The average molecular weight is 624 g/mol. The van der Waals surface area contributed by atoms with Crippen LogP contribution < -0.4 is 10.1 Å². The lowest BCUT2D eigenvalue weighted by Gasteiger charge is -2.11. The molecule has 0 atom stereocenters. The lowest BCUT2D eigenvalue weighted by molar-refractivity contribution is -0.142. The fourth-order valence-corrected chi connectivity index (χ4v) is 5.41. The Labute approximate surface area is 247 Å². The maximum absolute atomic E-state index is 14.1. The first-order valence-electron chi connectivity index (χ1n) is 12.4. The number of thiophene rings is 1. The standard InChI is InChI=1S/C27H25ClF3N5O5S/c1-6-10-41-26(39)18-13(2)21(25(38)35(3)4)42-24(18)33-23(37)20-19(28)22-32-16(14-8-7-9-15(11-14)40-5)12-17(27(29,30)31)36(22)34-20/h7-9,11-12H,6,10H2,1-5H3,(H,33,37). The fraction of sp³-hybridized carbons (Fsp3) is 0.296. The monoisotopic (exact) mass is 623 g/mol. The van der Waals surface area contributed by atoms with Gasteiger partial charge >= 0.3 is 12.1 Å². The summed E-state index contributed by atoms with van der Waals surface area (Å²) in [4.78, 5) is 44.7. The van der Waals surface area contributed by atoms with Crippen LogP contribution in [0.4, 0.5) is 18.2 Å². The molecule has 3 aromatic heterocycles. The molecule has 0 bridgehead atoms. The SMILES string of the molecule is CCCOC(=O)c1c(NC(=O)c2nn3c(C(F)(F)F)cc(-c4cccc(OC)c4)nc3c2Cl)sc(C(=O)N(C)C)c1C. The Bertz CT molecular complexity index is 1700. The predicted octanol–water partition coefficient (Wildman–Crippen LogP) is 5.97. The number of carbonyl (C=O) groups is 3. The van der Waals surface area contributed by atoms with E-state index in [9.17, 15) is 27.6 Å². The van der Waals surface area contributed by atoms with E-state index in [1.807, 2.05) is 0 Å². The molecule has 0 saturated heterocycles. The van der Waals surface area contributed by atoms with Crippen molar-refractivity contribution in [1.82, 2.24) is 19.5 Å². The highest BCUT2D eigenvalue weighted by Gasteiger charge is 2.37. The largest absolute Gasteiger partial charge is 0.497 e. The molecule has 0 aliphatic rings. The average Bonchev–Trinajstić information content (AvgIpc) is 3.46. The van der Waals surface area contributed by atoms with E-state index in [1.54, 1.807) is 25.1 Å². The number of rotatable bonds is 8. The maximum atomic E-state index is 14.1. The number of amides is 2. The first kappa shape index (κ1) is 30.8. The minimum Gasteiger partial charge on any atom is -0.497 e. The van der Waals surface area contributed by atoms with Crippen LogP contribution in [-0.2, 0) is 10.9 Å². The summed E-state index contributed by atoms with van der Waals surface area (Å²) in [7, 11) is 4.46. The molecule has 42 heavy (non-hydrogen) atoms. The molecule has 0 aliphatic heterocycles. The molecule has 15 heteroatoms. The minimum absolute atomic E-state index is 0.0435. The molecule has 2 amide bonds. The number of esters is 1. The number of nitrogens with one attached hydrogen (secondary N) is 1. The smallest absolute Gasteiger partial charge is 0.433 e. The van der Waals surface area contributed by atoms with Crippen molar-refractivity contribution < 1.29 is 37.0 Å². The van der Waals surface area contributed by atoms with Crippen LogP contribution in [0.25, 0.3) is 16.9 Å². The number of alkyl halides is 3. The van der Waals surface area contributed by atoms with Crippen molar-refractivity contribution in [2.45, 2.75) is 26.4 Å². The number of aromatic nitrogens is 3. The Morgan fingerprint density at radius 3 is 2.52 bits per heavy atom. The number of anilines is 1. The van der Waals surface area contributed by atoms with E-state index in [0.717, 1.165) is 17.4 Å². The summed E-state index contributed by atoms with van der Waals surface area (Å²) < 4.78 is 53.3. The van der Waals surface area contributed by atoms with Gasteiger partial charge in [-0.3, -0.25) is 9.59 Å². The third-order valence-corrected chi connectivity index (χ3v) is 7.56. The molecule has 0 radical (unpaired) electrons. The van der Waals surface area contributed by atoms with E-state index in [4.69, 9.17) is 21.1 Å². The first-order valence-corrected chi connectivity index (χ1v) is 13.6. The van der Waals surface area contributed by atoms with Crippen molar-refractivity contribution in [1.29, 1.82) is 0 Å². The summed E-state index contributed by atoms with van der Waals surface area (Å²) in [6.45, 7) is 3.42. The number of hydrogen-bond donors (Lipinski definition) is 1. The second-order valence-electron chi connectivity index (χ2n) is 9.20. The summed E-state index contributed by atoms with van der Waals surface area (Å²) in [5.41, 5.74) is -1.75. The zero-order valence-corrected chi connectivity index (χ0v) is 24.6. The summed E-state index contributed by atoms with van der Waals surface area (Å²) >= 11 is 7.23. The molecular weight excluding hydrogens is 599 g/mol. The lowest BCUT2D eigenvalue weighted by atomic mass is 10.1. The van der Waals surface area contributed by atoms with Gasteiger partial charge in [-0.25, -0.2) is 14.3 Å². The third kappa shape index (κ3) is 5.90. The summed E-state index contributed by atoms with van der Waals surface area (Å²) in [5.74, 6) is -1.81. The van der Waals surface area contributed by atoms with Crippen LogP contribution in [0, 0.1) is 6.92 Å². The molecule has 1 aromatic carbocycles. The normalized spacial score (nSPS) is 11.5. The van der Waals surface area contributed by atoms with Gasteiger partial charge in [0.05, 0.1) is 29.9 Å². The van der Waals surface area contributed by atoms with Gasteiger partial charge in [0.2, 0.25) is 0 Å². The zero-order chi connectivity index (χ0) is 30.9. The van der Waals surface area contributed by atoms with E-state index >= 15 is 0 Å². The van der Waals surface area contributed by atoms with Crippen molar-refractivity contribution in [3.05, 3.63) is 62.7 Å². The van der Waals surface area contributed by atoms with Gasteiger partial charge in [-0.05, 0) is 37.1 Å². The molecule has 10 nitrogen and oxygen atoms in total. The van der Waals surface area contributed by atoms with E-state index in [0.29, 0.717) is 22.2 Å². The maximum Gasteiger partial charge on any atom is 0.433 e. The van der Waals surface area contributed by atoms with Gasteiger partial charge in [-0.2, -0.15) is 18.3 Å². The first-order chi connectivity index (χ1) is 19.8. The summed E-state index contributed by atoms with van der Waals surface area (Å²) in [5, 5.41) is 5.83. The number of nitrogens with zero attached hydrogens (tertiary/aromatic N) is 4. The van der Waals surface area contributed by atoms with Gasteiger partial charge in [-0.15, -0.1) is 11.3 Å². The molecule has 222 valence electrons. The number of benzene rings is 1. The number of methoxy groups -OCH3 is 1. The number of halogens is 4. The lowest BCUT2D eigenvalue weighted by Crippen LogP contribution is -2.21. The predicted molar refractivity (Wildman–Crippen MR) is 151 cm³/mol. The molecule has 4 rings (SSSR count). The molecule has 3 heterocycles. The molecule has 4 aromatic rings. The van der Waals surface area contributed by atoms with Crippen LogP contribution in [0.3, 0.4) is 0 Å². The molecule has 0 unspecified atom stereocenters. The van der Waals surface area contributed by atoms with Crippen molar-refractivity contribution >= 4 is 51.4 Å².